The van der Waals surface area contributed by atoms with Crippen LogP contribution in [0.25, 0.3) is 0 Å². The Morgan fingerprint density at radius 2 is 1.73 bits per heavy atom. The second kappa shape index (κ2) is 10.5. The Hall–Kier alpha value is -0.810. The highest BCUT2D eigenvalue weighted by Gasteiger charge is 2.35. The van der Waals surface area contributed by atoms with E-state index in [2.05, 4.69) is 54.4 Å². The van der Waals surface area contributed by atoms with Gasteiger partial charge in [-0.3, -0.25) is 9.69 Å². The fourth-order valence-electron chi connectivity index (χ4n) is 4.47. The maximum absolute atomic E-state index is 12.5. The van der Waals surface area contributed by atoms with Crippen molar-refractivity contribution in [1.82, 2.24) is 10.2 Å². The summed E-state index contributed by atoms with van der Waals surface area (Å²) in [4.78, 5) is 15.1. The predicted molar refractivity (Wildman–Crippen MR) is 112 cm³/mol. The number of carbonyl (C=O) groups is 1. The lowest BCUT2D eigenvalue weighted by molar-refractivity contribution is -0.126. The summed E-state index contributed by atoms with van der Waals surface area (Å²) < 4.78 is 0. The van der Waals surface area contributed by atoms with E-state index in [9.17, 15) is 4.79 Å². The SMILES string of the molecule is CC1CN(Cc2ccccc2)CC(C)C1NC(=O)C1CCC(N)C1.Cl.Cl. The van der Waals surface area contributed by atoms with E-state index in [1.165, 1.54) is 5.56 Å². The number of hydrogen-bond acceptors (Lipinski definition) is 3. The van der Waals surface area contributed by atoms with Gasteiger partial charge >= 0.3 is 0 Å². The standard InChI is InChI=1S/C20H31N3O.2ClH/c1-14-11-23(13-16-6-4-3-5-7-16)12-15(2)19(14)22-20(24)17-8-9-18(21)10-17;;/h3-7,14-15,17-19H,8-13,21H2,1-2H3,(H,22,24);2*1H. The summed E-state index contributed by atoms with van der Waals surface area (Å²) >= 11 is 0. The summed E-state index contributed by atoms with van der Waals surface area (Å²) in [5.41, 5.74) is 7.32. The quantitative estimate of drug-likeness (QED) is 0.813. The van der Waals surface area contributed by atoms with Gasteiger partial charge in [0.2, 0.25) is 5.91 Å². The van der Waals surface area contributed by atoms with Crippen LogP contribution in [-0.4, -0.2) is 36.0 Å². The molecule has 4 nitrogen and oxygen atoms in total. The topological polar surface area (TPSA) is 58.4 Å². The van der Waals surface area contributed by atoms with Crippen molar-refractivity contribution in [3.63, 3.8) is 0 Å². The first-order valence-electron chi connectivity index (χ1n) is 9.35. The predicted octanol–water partition coefficient (Wildman–Crippen LogP) is 3.23. The Kier molecular flexibility index (Phi) is 9.39. The zero-order valence-electron chi connectivity index (χ0n) is 15.8. The number of amides is 1. The summed E-state index contributed by atoms with van der Waals surface area (Å²) in [5, 5.41) is 3.34. The smallest absolute Gasteiger partial charge is 0.223 e. The number of benzene rings is 1. The highest BCUT2D eigenvalue weighted by atomic mass is 35.5. The van der Waals surface area contributed by atoms with Crippen LogP contribution in [0.2, 0.25) is 0 Å². The van der Waals surface area contributed by atoms with E-state index in [0.717, 1.165) is 38.9 Å². The Bertz CT molecular complexity index is 545. The van der Waals surface area contributed by atoms with E-state index < -0.39 is 0 Å². The molecular formula is C20H33Cl2N3O. The van der Waals surface area contributed by atoms with Gasteiger partial charge in [-0.1, -0.05) is 44.2 Å². The number of carbonyl (C=O) groups excluding carboxylic acids is 1. The molecule has 0 aromatic heterocycles. The van der Waals surface area contributed by atoms with Crippen LogP contribution in [0.3, 0.4) is 0 Å². The number of nitrogens with zero attached hydrogens (tertiary/aromatic N) is 1. The molecule has 3 N–H and O–H groups in total. The lowest BCUT2D eigenvalue weighted by Crippen LogP contribution is -2.55. The Balaban J connectivity index is 0.00000169. The van der Waals surface area contributed by atoms with Crippen molar-refractivity contribution in [3.05, 3.63) is 35.9 Å². The minimum absolute atomic E-state index is 0. The third-order valence-electron chi connectivity index (χ3n) is 5.72. The van der Waals surface area contributed by atoms with Gasteiger partial charge in [-0.05, 0) is 36.7 Å². The number of nitrogens with one attached hydrogen (secondary N) is 1. The summed E-state index contributed by atoms with van der Waals surface area (Å²) in [7, 11) is 0. The largest absolute Gasteiger partial charge is 0.352 e. The molecule has 3 rings (SSSR count). The second-order valence-electron chi connectivity index (χ2n) is 7.94. The molecule has 1 aliphatic heterocycles. The molecule has 2 aliphatic rings. The van der Waals surface area contributed by atoms with E-state index in [1.54, 1.807) is 0 Å². The van der Waals surface area contributed by atoms with Crippen molar-refractivity contribution >= 4 is 30.7 Å². The molecule has 4 atom stereocenters. The lowest BCUT2D eigenvalue weighted by Gasteiger charge is -2.42. The van der Waals surface area contributed by atoms with Gasteiger partial charge in [0.1, 0.15) is 0 Å². The Morgan fingerprint density at radius 3 is 2.27 bits per heavy atom. The molecule has 4 unspecified atom stereocenters. The Morgan fingerprint density at radius 1 is 1.12 bits per heavy atom. The van der Waals surface area contributed by atoms with E-state index in [-0.39, 0.29) is 48.7 Å². The first-order chi connectivity index (χ1) is 11.5. The van der Waals surface area contributed by atoms with Crippen LogP contribution in [0.15, 0.2) is 30.3 Å². The number of nitrogens with two attached hydrogens (primary N) is 1. The number of piperidine rings is 1. The summed E-state index contributed by atoms with van der Waals surface area (Å²) in [6.45, 7) is 7.59. The number of halogens is 2. The second-order valence-corrected chi connectivity index (χ2v) is 7.94. The van der Waals surface area contributed by atoms with Gasteiger partial charge in [0, 0.05) is 37.6 Å². The maximum Gasteiger partial charge on any atom is 0.223 e. The molecular weight excluding hydrogens is 369 g/mol. The Labute approximate surface area is 170 Å². The van der Waals surface area contributed by atoms with Crippen molar-refractivity contribution in [2.24, 2.45) is 23.5 Å². The van der Waals surface area contributed by atoms with Crippen molar-refractivity contribution in [1.29, 1.82) is 0 Å². The molecule has 2 fully saturated rings. The van der Waals surface area contributed by atoms with Gasteiger partial charge in [-0.25, -0.2) is 0 Å². The van der Waals surface area contributed by atoms with Crippen molar-refractivity contribution in [2.45, 2.75) is 51.7 Å². The number of likely N-dealkylation sites (tertiary alicyclic amines) is 1. The maximum atomic E-state index is 12.5. The minimum atomic E-state index is 0. The minimum Gasteiger partial charge on any atom is -0.352 e. The molecule has 1 saturated carbocycles. The third kappa shape index (κ3) is 5.85. The van der Waals surface area contributed by atoms with E-state index in [4.69, 9.17) is 5.73 Å². The fourth-order valence-corrected chi connectivity index (χ4v) is 4.47. The van der Waals surface area contributed by atoms with Crippen molar-refractivity contribution < 1.29 is 4.79 Å². The highest BCUT2D eigenvalue weighted by Crippen LogP contribution is 2.27. The van der Waals surface area contributed by atoms with Crippen molar-refractivity contribution in [2.75, 3.05) is 13.1 Å². The average molecular weight is 402 g/mol. The third-order valence-corrected chi connectivity index (χ3v) is 5.72. The first kappa shape index (κ1) is 23.2. The molecule has 0 bridgehead atoms. The molecule has 1 saturated heterocycles. The van der Waals surface area contributed by atoms with E-state index in [0.29, 0.717) is 11.8 Å². The molecule has 1 aromatic rings. The zero-order chi connectivity index (χ0) is 17.1. The average Bonchev–Trinajstić information content (AvgIpc) is 2.98. The normalized spacial score (nSPS) is 31.6. The van der Waals surface area contributed by atoms with Crippen LogP contribution in [-0.2, 0) is 11.3 Å². The van der Waals surface area contributed by atoms with Crippen LogP contribution >= 0.6 is 24.8 Å². The number of hydrogen-bond donors (Lipinski definition) is 2. The van der Waals surface area contributed by atoms with E-state index >= 15 is 0 Å². The van der Waals surface area contributed by atoms with Gasteiger partial charge in [-0.15, -0.1) is 24.8 Å². The first-order valence-corrected chi connectivity index (χ1v) is 9.35. The molecule has 148 valence electrons. The van der Waals surface area contributed by atoms with Gasteiger partial charge in [0.05, 0.1) is 0 Å². The molecule has 6 heteroatoms. The van der Waals surface area contributed by atoms with Crippen LogP contribution in [0, 0.1) is 17.8 Å². The molecule has 1 aliphatic carbocycles. The molecule has 0 radical (unpaired) electrons. The molecule has 1 aromatic carbocycles. The lowest BCUT2D eigenvalue weighted by atomic mass is 9.85. The monoisotopic (exact) mass is 401 g/mol. The van der Waals surface area contributed by atoms with Crippen LogP contribution < -0.4 is 11.1 Å². The highest BCUT2D eigenvalue weighted by molar-refractivity contribution is 5.85. The van der Waals surface area contributed by atoms with E-state index in [1.807, 2.05) is 0 Å². The van der Waals surface area contributed by atoms with Gasteiger partial charge < -0.3 is 11.1 Å². The summed E-state index contributed by atoms with van der Waals surface area (Å²) in [6, 6.07) is 11.1. The van der Waals surface area contributed by atoms with Gasteiger partial charge in [0.25, 0.3) is 0 Å². The van der Waals surface area contributed by atoms with Crippen LogP contribution in [0.5, 0.6) is 0 Å². The van der Waals surface area contributed by atoms with Gasteiger partial charge in [0.15, 0.2) is 0 Å². The molecule has 26 heavy (non-hydrogen) atoms. The summed E-state index contributed by atoms with van der Waals surface area (Å²) in [6.07, 6.45) is 2.78. The summed E-state index contributed by atoms with van der Waals surface area (Å²) in [5.74, 6) is 1.29. The molecule has 1 amide bonds. The molecule has 0 spiro atoms. The zero-order valence-corrected chi connectivity index (χ0v) is 17.4. The van der Waals surface area contributed by atoms with Crippen LogP contribution in [0.4, 0.5) is 0 Å². The fraction of sp³-hybridized carbons (Fsp3) is 0.650. The van der Waals surface area contributed by atoms with Crippen LogP contribution in [0.1, 0.15) is 38.7 Å². The van der Waals surface area contributed by atoms with Crippen molar-refractivity contribution in [3.8, 4) is 0 Å². The number of rotatable bonds is 4. The van der Waals surface area contributed by atoms with Gasteiger partial charge in [-0.2, -0.15) is 0 Å². The molecule has 1 heterocycles.